The van der Waals surface area contributed by atoms with Crippen LogP contribution in [-0.4, -0.2) is 19.1 Å². The van der Waals surface area contributed by atoms with Crippen molar-refractivity contribution in [3.05, 3.63) is 30.1 Å². The molecule has 1 fully saturated rings. The van der Waals surface area contributed by atoms with E-state index in [0.29, 0.717) is 6.04 Å². The third-order valence-corrected chi connectivity index (χ3v) is 2.95. The van der Waals surface area contributed by atoms with E-state index in [4.69, 9.17) is 5.73 Å². The van der Waals surface area contributed by atoms with Crippen molar-refractivity contribution in [2.75, 3.05) is 18.0 Å². The standard InChI is InChI=1S/C12H17FN2/c13-10-3-1-5-12(9-10)15-7-2-4-11(14)6-8-15/h1,3,5,9,11H,2,4,6-8,14H2. The minimum Gasteiger partial charge on any atom is -0.371 e. The second-order valence-electron chi connectivity index (χ2n) is 4.16. The molecule has 3 heteroatoms. The summed E-state index contributed by atoms with van der Waals surface area (Å²) in [6.07, 6.45) is 3.17. The van der Waals surface area contributed by atoms with Crippen LogP contribution in [0.3, 0.4) is 0 Å². The van der Waals surface area contributed by atoms with Gasteiger partial charge in [0.2, 0.25) is 0 Å². The van der Waals surface area contributed by atoms with Crippen LogP contribution in [0.2, 0.25) is 0 Å². The maximum Gasteiger partial charge on any atom is 0.125 e. The molecule has 2 rings (SSSR count). The molecule has 1 aliphatic rings. The summed E-state index contributed by atoms with van der Waals surface area (Å²) in [7, 11) is 0. The number of benzene rings is 1. The van der Waals surface area contributed by atoms with Crippen LogP contribution in [-0.2, 0) is 0 Å². The summed E-state index contributed by atoms with van der Waals surface area (Å²) in [4.78, 5) is 2.22. The minimum absolute atomic E-state index is 0.166. The fourth-order valence-electron chi connectivity index (χ4n) is 2.05. The van der Waals surface area contributed by atoms with Gasteiger partial charge in [-0.3, -0.25) is 0 Å². The van der Waals surface area contributed by atoms with E-state index < -0.39 is 0 Å². The van der Waals surface area contributed by atoms with E-state index in [-0.39, 0.29) is 5.82 Å². The molecule has 2 nitrogen and oxygen atoms in total. The lowest BCUT2D eigenvalue weighted by molar-refractivity contribution is 0.601. The molecule has 1 heterocycles. The molecule has 1 aliphatic heterocycles. The van der Waals surface area contributed by atoms with E-state index in [0.717, 1.165) is 38.0 Å². The average Bonchev–Trinajstić information content (AvgIpc) is 2.43. The zero-order valence-corrected chi connectivity index (χ0v) is 8.82. The smallest absolute Gasteiger partial charge is 0.125 e. The number of rotatable bonds is 1. The van der Waals surface area contributed by atoms with Gasteiger partial charge in [0, 0.05) is 24.8 Å². The van der Waals surface area contributed by atoms with Crippen molar-refractivity contribution in [3.8, 4) is 0 Å². The van der Waals surface area contributed by atoms with Crippen LogP contribution in [0.5, 0.6) is 0 Å². The molecular formula is C12H17FN2. The predicted octanol–water partition coefficient (Wildman–Crippen LogP) is 2.14. The maximum atomic E-state index is 13.0. The number of halogens is 1. The summed E-state index contributed by atoms with van der Waals surface area (Å²) in [6.45, 7) is 1.92. The van der Waals surface area contributed by atoms with Gasteiger partial charge < -0.3 is 10.6 Å². The summed E-state index contributed by atoms with van der Waals surface area (Å²) in [5.41, 5.74) is 6.88. The number of anilines is 1. The Morgan fingerprint density at radius 2 is 2.13 bits per heavy atom. The van der Waals surface area contributed by atoms with Crippen molar-refractivity contribution in [3.63, 3.8) is 0 Å². The maximum absolute atomic E-state index is 13.0. The van der Waals surface area contributed by atoms with Gasteiger partial charge in [-0.15, -0.1) is 0 Å². The Labute approximate surface area is 89.9 Å². The van der Waals surface area contributed by atoms with E-state index in [1.165, 1.54) is 6.07 Å². The molecule has 1 aromatic carbocycles. The molecule has 0 aromatic heterocycles. The highest BCUT2D eigenvalue weighted by molar-refractivity contribution is 5.46. The molecule has 1 atom stereocenters. The van der Waals surface area contributed by atoms with Crippen LogP contribution in [0, 0.1) is 5.82 Å². The Balaban J connectivity index is 2.09. The van der Waals surface area contributed by atoms with Crippen molar-refractivity contribution in [2.24, 2.45) is 5.73 Å². The Morgan fingerprint density at radius 3 is 2.93 bits per heavy atom. The molecule has 1 saturated heterocycles. The van der Waals surface area contributed by atoms with Crippen LogP contribution >= 0.6 is 0 Å². The first-order chi connectivity index (χ1) is 7.25. The van der Waals surface area contributed by atoms with Gasteiger partial charge in [0.1, 0.15) is 5.82 Å². The summed E-state index contributed by atoms with van der Waals surface area (Å²) in [6, 6.07) is 7.10. The van der Waals surface area contributed by atoms with Gasteiger partial charge in [-0.1, -0.05) is 6.07 Å². The summed E-state index contributed by atoms with van der Waals surface area (Å²) in [5, 5.41) is 0. The summed E-state index contributed by atoms with van der Waals surface area (Å²) < 4.78 is 13.0. The molecule has 0 radical (unpaired) electrons. The van der Waals surface area contributed by atoms with Gasteiger partial charge in [-0.25, -0.2) is 4.39 Å². The lowest BCUT2D eigenvalue weighted by Gasteiger charge is -2.22. The molecule has 0 spiro atoms. The van der Waals surface area contributed by atoms with Crippen LogP contribution in [0.4, 0.5) is 10.1 Å². The molecule has 0 amide bonds. The first-order valence-corrected chi connectivity index (χ1v) is 5.52. The highest BCUT2D eigenvalue weighted by atomic mass is 19.1. The Bertz CT molecular complexity index is 327. The highest BCUT2D eigenvalue weighted by Crippen LogP contribution is 2.19. The molecule has 0 bridgehead atoms. The molecule has 0 aliphatic carbocycles. The van der Waals surface area contributed by atoms with E-state index >= 15 is 0 Å². The molecule has 1 aromatic rings. The lowest BCUT2D eigenvalue weighted by atomic mass is 10.1. The molecule has 15 heavy (non-hydrogen) atoms. The van der Waals surface area contributed by atoms with Crippen LogP contribution in [0.15, 0.2) is 24.3 Å². The largest absolute Gasteiger partial charge is 0.371 e. The van der Waals surface area contributed by atoms with Gasteiger partial charge in [-0.2, -0.15) is 0 Å². The second kappa shape index (κ2) is 4.62. The predicted molar refractivity (Wildman–Crippen MR) is 60.4 cm³/mol. The van der Waals surface area contributed by atoms with E-state index in [2.05, 4.69) is 4.90 Å². The number of nitrogens with zero attached hydrogens (tertiary/aromatic N) is 1. The first kappa shape index (κ1) is 10.4. The van der Waals surface area contributed by atoms with Crippen molar-refractivity contribution < 1.29 is 4.39 Å². The number of hydrogen-bond donors (Lipinski definition) is 1. The quantitative estimate of drug-likeness (QED) is 0.766. The van der Waals surface area contributed by atoms with Gasteiger partial charge >= 0.3 is 0 Å². The molecule has 1 unspecified atom stereocenters. The zero-order valence-electron chi connectivity index (χ0n) is 8.82. The Kier molecular flexibility index (Phi) is 3.21. The van der Waals surface area contributed by atoms with Crippen molar-refractivity contribution >= 4 is 5.69 Å². The van der Waals surface area contributed by atoms with Gasteiger partial charge in [0.15, 0.2) is 0 Å². The van der Waals surface area contributed by atoms with E-state index in [9.17, 15) is 4.39 Å². The van der Waals surface area contributed by atoms with Crippen LogP contribution in [0.25, 0.3) is 0 Å². The van der Waals surface area contributed by atoms with E-state index in [1.54, 1.807) is 12.1 Å². The van der Waals surface area contributed by atoms with Crippen molar-refractivity contribution in [1.29, 1.82) is 0 Å². The fourth-order valence-corrected chi connectivity index (χ4v) is 2.05. The fraction of sp³-hybridized carbons (Fsp3) is 0.500. The van der Waals surface area contributed by atoms with Gasteiger partial charge in [-0.05, 0) is 37.5 Å². The second-order valence-corrected chi connectivity index (χ2v) is 4.16. The SMILES string of the molecule is NC1CCCN(c2cccc(F)c2)CC1. The topological polar surface area (TPSA) is 29.3 Å². The number of nitrogens with two attached hydrogens (primary N) is 1. The Morgan fingerprint density at radius 1 is 1.27 bits per heavy atom. The van der Waals surface area contributed by atoms with E-state index in [1.807, 2.05) is 6.07 Å². The zero-order chi connectivity index (χ0) is 10.7. The van der Waals surface area contributed by atoms with Gasteiger partial charge in [0.05, 0.1) is 0 Å². The number of hydrogen-bond acceptors (Lipinski definition) is 2. The average molecular weight is 208 g/mol. The monoisotopic (exact) mass is 208 g/mol. The van der Waals surface area contributed by atoms with Crippen LogP contribution in [0.1, 0.15) is 19.3 Å². The van der Waals surface area contributed by atoms with Crippen LogP contribution < -0.4 is 10.6 Å². The first-order valence-electron chi connectivity index (χ1n) is 5.52. The van der Waals surface area contributed by atoms with Crippen molar-refractivity contribution in [1.82, 2.24) is 0 Å². The lowest BCUT2D eigenvalue weighted by Crippen LogP contribution is -2.26. The Hall–Kier alpha value is -1.09. The third kappa shape index (κ3) is 2.69. The van der Waals surface area contributed by atoms with Gasteiger partial charge in [0.25, 0.3) is 0 Å². The van der Waals surface area contributed by atoms with Crippen molar-refractivity contribution in [2.45, 2.75) is 25.3 Å². The molecule has 2 N–H and O–H groups in total. The molecular weight excluding hydrogens is 191 g/mol. The summed E-state index contributed by atoms with van der Waals surface area (Å²) >= 11 is 0. The third-order valence-electron chi connectivity index (χ3n) is 2.95. The normalized spacial score (nSPS) is 22.5. The minimum atomic E-state index is -0.166. The molecule has 0 saturated carbocycles. The summed E-state index contributed by atoms with van der Waals surface area (Å²) in [5.74, 6) is -0.166. The highest BCUT2D eigenvalue weighted by Gasteiger charge is 2.14. The molecule has 82 valence electrons.